The van der Waals surface area contributed by atoms with Gasteiger partial charge in [-0.3, -0.25) is 34.3 Å². The molecule has 3 saturated heterocycles. The molecule has 10 heteroatoms. The number of ketones is 1. The lowest BCUT2D eigenvalue weighted by Crippen LogP contribution is -2.53. The number of fused-ring (bicyclic) bond motifs is 1. The van der Waals surface area contributed by atoms with Crippen LogP contribution in [0.25, 0.3) is 0 Å². The highest BCUT2D eigenvalue weighted by molar-refractivity contribution is 6.02. The molecule has 0 aromatic heterocycles. The molecular formula is C44H70N4O6. The van der Waals surface area contributed by atoms with Crippen molar-refractivity contribution in [1.82, 2.24) is 20.0 Å². The molecule has 7 aliphatic rings. The van der Waals surface area contributed by atoms with Gasteiger partial charge in [0.05, 0.1) is 18.8 Å². The second-order valence-electron chi connectivity index (χ2n) is 18.3. The number of nitrogens with one attached hydrogen (secondary N) is 1. The first-order valence-electron chi connectivity index (χ1n) is 22.4. The van der Waals surface area contributed by atoms with E-state index < -0.39 is 6.04 Å². The summed E-state index contributed by atoms with van der Waals surface area (Å²) < 4.78 is 6.40. The molecule has 3 aliphatic heterocycles. The molecule has 2 N–H and O–H groups in total. The number of piperidine rings is 1. The number of ether oxygens (including phenoxy) is 1. The van der Waals surface area contributed by atoms with Crippen molar-refractivity contribution in [3.63, 3.8) is 0 Å². The lowest BCUT2D eigenvalue weighted by molar-refractivity contribution is -0.144. The maximum Gasteiger partial charge on any atom is 0.249 e. The van der Waals surface area contributed by atoms with E-state index in [0.29, 0.717) is 68.7 Å². The molecule has 7 fully saturated rings. The number of carbonyl (C=O) groups excluding carboxylic acids is 4. The van der Waals surface area contributed by atoms with Crippen LogP contribution in [-0.2, 0) is 23.9 Å². The largest absolute Gasteiger partial charge is 0.393 e. The zero-order valence-electron chi connectivity index (χ0n) is 33.3. The van der Waals surface area contributed by atoms with Gasteiger partial charge in [0.15, 0.2) is 0 Å². The molecule has 0 aromatic carbocycles. The third-order valence-electron chi connectivity index (χ3n) is 14.9. The highest BCUT2D eigenvalue weighted by Gasteiger charge is 2.49. The molecule has 3 heterocycles. The van der Waals surface area contributed by atoms with E-state index in [4.69, 9.17) is 4.74 Å². The molecule has 54 heavy (non-hydrogen) atoms. The van der Waals surface area contributed by atoms with Crippen LogP contribution in [0.2, 0.25) is 0 Å². The van der Waals surface area contributed by atoms with Gasteiger partial charge in [0.1, 0.15) is 11.8 Å². The smallest absolute Gasteiger partial charge is 0.249 e. The van der Waals surface area contributed by atoms with Crippen molar-refractivity contribution < 1.29 is 29.0 Å². The van der Waals surface area contributed by atoms with Crippen LogP contribution in [0.4, 0.5) is 0 Å². The Balaban J connectivity index is 0.792. The van der Waals surface area contributed by atoms with E-state index in [2.05, 4.69) is 22.0 Å². The average Bonchev–Trinajstić information content (AvgIpc) is 3.51. The number of carbonyl (C=O) groups is 4. The van der Waals surface area contributed by atoms with Gasteiger partial charge in [-0.25, -0.2) is 0 Å². The molecule has 10 nitrogen and oxygen atoms in total. The number of rotatable bonds is 13. The summed E-state index contributed by atoms with van der Waals surface area (Å²) in [4.78, 5) is 57.0. The van der Waals surface area contributed by atoms with Gasteiger partial charge in [-0.05, 0) is 126 Å². The molecule has 0 radical (unpaired) electrons. The number of hydrogen-bond donors (Lipinski definition) is 2. The number of aliphatic hydroxyl groups is 1. The van der Waals surface area contributed by atoms with Crippen molar-refractivity contribution in [1.29, 1.82) is 0 Å². The Morgan fingerprint density at radius 2 is 1.52 bits per heavy atom. The van der Waals surface area contributed by atoms with E-state index in [1.54, 1.807) is 10.5 Å². The molecule has 4 atom stereocenters. The van der Waals surface area contributed by atoms with Crippen molar-refractivity contribution in [3.8, 4) is 0 Å². The first kappa shape index (κ1) is 40.1. The molecule has 0 aromatic rings. The van der Waals surface area contributed by atoms with Crippen molar-refractivity contribution >= 4 is 23.5 Å². The maximum atomic E-state index is 13.2. The molecule has 3 amide bonds. The number of hydrogen-bond acceptors (Lipinski definition) is 8. The van der Waals surface area contributed by atoms with Crippen LogP contribution >= 0.6 is 0 Å². The summed E-state index contributed by atoms with van der Waals surface area (Å²) in [5.41, 5.74) is 3.62. The fourth-order valence-corrected chi connectivity index (χ4v) is 12.0. The molecule has 0 spiro atoms. The van der Waals surface area contributed by atoms with Crippen molar-refractivity contribution in [2.75, 3.05) is 45.9 Å². The van der Waals surface area contributed by atoms with E-state index in [1.165, 1.54) is 51.4 Å². The van der Waals surface area contributed by atoms with E-state index in [-0.39, 0.29) is 35.7 Å². The quantitative estimate of drug-likeness (QED) is 0.138. The van der Waals surface area contributed by atoms with Gasteiger partial charge in [0.25, 0.3) is 0 Å². The molecule has 4 saturated carbocycles. The minimum atomic E-state index is -0.503. The van der Waals surface area contributed by atoms with Crippen LogP contribution in [0.1, 0.15) is 142 Å². The zero-order valence-corrected chi connectivity index (χ0v) is 33.3. The first-order valence-corrected chi connectivity index (χ1v) is 22.4. The normalized spacial score (nSPS) is 35.4. The summed E-state index contributed by atoms with van der Waals surface area (Å²) >= 11 is 0. The number of aliphatic hydroxyl groups excluding tert-OH is 1. The van der Waals surface area contributed by atoms with Crippen LogP contribution in [0, 0.1) is 29.6 Å². The summed E-state index contributed by atoms with van der Waals surface area (Å²) in [7, 11) is 0. The summed E-state index contributed by atoms with van der Waals surface area (Å²) in [6.07, 6.45) is 22.2. The standard InChI is InChI=1S/C44H70N4O6/c1-2-38(30-7-4-3-5-8-30)42(31-10-15-35(49)16-11-31)32-12-17-37(18-13-32)54-26-6-9-36(50)29-46-22-24-47(25-23-46)34-14-19-39-33(27-34)28-48(44(39)53)40-20-21-41(51)45-43(40)52/h30-35,37,39-40,49H,2-29H2,1H3,(H,45,51,52)/b42-38-. The Bertz CT molecular complexity index is 1340. The van der Waals surface area contributed by atoms with Crippen molar-refractivity contribution in [3.05, 3.63) is 11.1 Å². The van der Waals surface area contributed by atoms with Gasteiger partial charge >= 0.3 is 0 Å². The number of Topliss-reactive ketones (excluding diaryl/α,β-unsaturated/α-hetero) is 1. The number of amides is 3. The highest BCUT2D eigenvalue weighted by atomic mass is 16.5. The van der Waals surface area contributed by atoms with Gasteiger partial charge in [0, 0.05) is 64.1 Å². The highest BCUT2D eigenvalue weighted by Crippen LogP contribution is 2.46. The molecule has 7 rings (SSSR count). The second-order valence-corrected chi connectivity index (χ2v) is 18.3. The number of imide groups is 1. The lowest BCUT2D eigenvalue weighted by atomic mass is 9.68. The average molecular weight is 751 g/mol. The van der Waals surface area contributed by atoms with E-state index >= 15 is 0 Å². The first-order chi connectivity index (χ1) is 26.3. The summed E-state index contributed by atoms with van der Waals surface area (Å²) in [5, 5.41) is 12.7. The van der Waals surface area contributed by atoms with Crippen LogP contribution in [0.3, 0.4) is 0 Å². The van der Waals surface area contributed by atoms with E-state index in [1.807, 2.05) is 5.57 Å². The fraction of sp³-hybridized carbons (Fsp3) is 0.864. The van der Waals surface area contributed by atoms with Crippen molar-refractivity contribution in [2.24, 2.45) is 29.6 Å². The third-order valence-corrected chi connectivity index (χ3v) is 14.9. The Morgan fingerprint density at radius 3 is 2.20 bits per heavy atom. The van der Waals surface area contributed by atoms with Crippen LogP contribution in [-0.4, -0.2) is 113 Å². The van der Waals surface area contributed by atoms with Gasteiger partial charge in [-0.15, -0.1) is 0 Å². The predicted octanol–water partition coefficient (Wildman–Crippen LogP) is 5.80. The van der Waals surface area contributed by atoms with Crippen LogP contribution in [0.15, 0.2) is 11.1 Å². The summed E-state index contributed by atoms with van der Waals surface area (Å²) in [6.45, 7) is 7.91. The molecule has 0 bridgehead atoms. The summed E-state index contributed by atoms with van der Waals surface area (Å²) in [6, 6.07) is -0.0588. The Kier molecular flexibility index (Phi) is 14.0. The molecule has 302 valence electrons. The SMILES string of the molecule is CC/C(=C(\C1CCC(O)CC1)C1CCC(OCCCC(=O)CN2CCN(C3CCC4C(=O)N(C5CCC(=O)NC5=O)CC4C3)CC2)CC1)C1CCCCC1. The molecule has 4 aliphatic carbocycles. The van der Waals surface area contributed by atoms with Crippen LogP contribution in [0.5, 0.6) is 0 Å². The topological polar surface area (TPSA) is 119 Å². The maximum absolute atomic E-state index is 13.2. The number of piperazine rings is 1. The Labute approximate surface area is 324 Å². The number of allylic oxidation sites excluding steroid dienone is 2. The van der Waals surface area contributed by atoms with Gasteiger partial charge in [-0.1, -0.05) is 37.3 Å². The zero-order chi connectivity index (χ0) is 37.6. The lowest BCUT2D eigenvalue weighted by Gasteiger charge is -2.42. The van der Waals surface area contributed by atoms with Gasteiger partial charge in [0.2, 0.25) is 17.7 Å². The van der Waals surface area contributed by atoms with Gasteiger partial charge in [-0.2, -0.15) is 0 Å². The molecule has 4 unspecified atom stereocenters. The predicted molar refractivity (Wildman–Crippen MR) is 208 cm³/mol. The minimum Gasteiger partial charge on any atom is -0.393 e. The van der Waals surface area contributed by atoms with E-state index in [0.717, 1.165) is 96.3 Å². The Morgan fingerprint density at radius 1 is 0.815 bits per heavy atom. The molecular weight excluding hydrogens is 681 g/mol. The monoisotopic (exact) mass is 751 g/mol. The van der Waals surface area contributed by atoms with Crippen molar-refractivity contribution in [2.45, 2.75) is 166 Å². The third kappa shape index (κ3) is 9.69. The second kappa shape index (κ2) is 18.9. The van der Waals surface area contributed by atoms with Gasteiger partial charge < -0.3 is 14.7 Å². The minimum absolute atomic E-state index is 0.00222. The van der Waals surface area contributed by atoms with E-state index in [9.17, 15) is 24.3 Å². The number of nitrogens with zero attached hydrogens (tertiary/aromatic N) is 3. The van der Waals surface area contributed by atoms with Crippen LogP contribution < -0.4 is 5.32 Å². The fourth-order valence-electron chi connectivity index (χ4n) is 12.0. The number of likely N-dealkylation sites (tertiary alicyclic amines) is 1. The summed E-state index contributed by atoms with van der Waals surface area (Å²) in [5.74, 6) is 2.26. The Hall–Kier alpha value is -2.14.